The van der Waals surface area contributed by atoms with Crippen LogP contribution in [0.4, 0.5) is 16.4 Å². The van der Waals surface area contributed by atoms with Crippen LogP contribution in [-0.4, -0.2) is 34.5 Å². The number of nitrogens with two attached hydrogens (primary N) is 1. The molecule has 96 valence electrons. The van der Waals surface area contributed by atoms with Crippen molar-refractivity contribution < 1.29 is 4.79 Å². The maximum Gasteiger partial charge on any atom is 0.322 e. The second kappa shape index (κ2) is 4.56. The fourth-order valence-electron chi connectivity index (χ4n) is 1.59. The lowest BCUT2D eigenvalue weighted by molar-refractivity contribution is 0.224. The molecule has 2 heterocycles. The first kappa shape index (κ1) is 12.2. The van der Waals surface area contributed by atoms with E-state index in [2.05, 4.69) is 15.3 Å². The second-order valence-electron chi connectivity index (χ2n) is 4.25. The van der Waals surface area contributed by atoms with Crippen LogP contribution in [0.2, 0.25) is 0 Å². The highest BCUT2D eigenvalue weighted by Crippen LogP contribution is 2.20. The number of H-pyrrole nitrogens is 1. The van der Waals surface area contributed by atoms with Crippen LogP contribution in [-0.2, 0) is 0 Å². The van der Waals surface area contributed by atoms with Gasteiger partial charge in [0.05, 0.1) is 11.0 Å². The minimum Gasteiger partial charge on any atom is -0.383 e. The zero-order valence-electron chi connectivity index (χ0n) is 10.7. The van der Waals surface area contributed by atoms with Gasteiger partial charge in [-0.3, -0.25) is 5.32 Å². The van der Waals surface area contributed by atoms with Gasteiger partial charge >= 0.3 is 6.03 Å². The Balaban J connectivity index is 2.28. The zero-order valence-corrected chi connectivity index (χ0v) is 10.7. The van der Waals surface area contributed by atoms with Gasteiger partial charge in [0.25, 0.3) is 0 Å². The number of nitrogens with zero attached hydrogens (tertiary/aromatic N) is 2. The van der Waals surface area contributed by atoms with Crippen LogP contribution in [0.15, 0.2) is 12.1 Å². The summed E-state index contributed by atoms with van der Waals surface area (Å²) in [7, 11) is 1.73. The number of carbonyl (C=O) groups is 1. The summed E-state index contributed by atoms with van der Waals surface area (Å²) in [5.74, 6) is 1.12. The second-order valence-corrected chi connectivity index (χ2v) is 4.25. The Kier molecular flexibility index (Phi) is 3.10. The molecule has 0 spiro atoms. The van der Waals surface area contributed by atoms with Crippen molar-refractivity contribution in [2.45, 2.75) is 13.8 Å². The van der Waals surface area contributed by atoms with Crippen molar-refractivity contribution in [1.82, 2.24) is 14.9 Å². The van der Waals surface area contributed by atoms with Crippen LogP contribution < -0.4 is 11.1 Å². The number of anilines is 2. The van der Waals surface area contributed by atoms with Gasteiger partial charge in [-0.15, -0.1) is 0 Å². The summed E-state index contributed by atoms with van der Waals surface area (Å²) in [5.41, 5.74) is 8.26. The summed E-state index contributed by atoms with van der Waals surface area (Å²) in [6.45, 7) is 4.46. The van der Waals surface area contributed by atoms with Crippen molar-refractivity contribution in [3.05, 3.63) is 17.7 Å². The molecule has 0 aliphatic heterocycles. The third-order valence-corrected chi connectivity index (χ3v) is 2.89. The van der Waals surface area contributed by atoms with Crippen molar-refractivity contribution in [2.24, 2.45) is 0 Å². The lowest BCUT2D eigenvalue weighted by Gasteiger charge is -2.14. The standard InChI is InChI=1S/C12H17N5O/c1-4-17(3)12(18)16-10-6-9-8(14-10)5-7(2)11(13)15-9/h5-6,14H,4H2,1-3H3,(H2,13,15)(H,16,18). The molecule has 0 aromatic carbocycles. The lowest BCUT2D eigenvalue weighted by Crippen LogP contribution is -2.31. The molecule has 6 nitrogen and oxygen atoms in total. The highest BCUT2D eigenvalue weighted by atomic mass is 16.2. The molecule has 0 bridgehead atoms. The fourth-order valence-corrected chi connectivity index (χ4v) is 1.59. The molecule has 0 radical (unpaired) electrons. The van der Waals surface area contributed by atoms with Crippen molar-refractivity contribution in [2.75, 3.05) is 24.6 Å². The fraction of sp³-hybridized carbons (Fsp3) is 0.333. The van der Waals surface area contributed by atoms with Crippen molar-refractivity contribution in [3.63, 3.8) is 0 Å². The number of urea groups is 1. The predicted molar refractivity (Wildman–Crippen MR) is 72.6 cm³/mol. The van der Waals surface area contributed by atoms with Crippen LogP contribution in [0, 0.1) is 6.92 Å². The van der Waals surface area contributed by atoms with Gasteiger partial charge in [0, 0.05) is 19.7 Å². The maximum absolute atomic E-state index is 11.7. The summed E-state index contributed by atoms with van der Waals surface area (Å²) >= 11 is 0. The first-order chi connectivity index (χ1) is 8.51. The molecule has 2 aromatic rings. The summed E-state index contributed by atoms with van der Waals surface area (Å²) in [6, 6.07) is 3.53. The van der Waals surface area contributed by atoms with Crippen molar-refractivity contribution in [3.8, 4) is 0 Å². The Hall–Kier alpha value is -2.24. The number of amides is 2. The Bertz CT molecular complexity index is 550. The normalized spacial score (nSPS) is 10.6. The van der Waals surface area contributed by atoms with Gasteiger partial charge in [-0.1, -0.05) is 0 Å². The minimum absolute atomic E-state index is 0.159. The average Bonchev–Trinajstić information content (AvgIpc) is 2.70. The van der Waals surface area contributed by atoms with E-state index in [1.54, 1.807) is 18.0 Å². The lowest BCUT2D eigenvalue weighted by atomic mass is 10.2. The van der Waals surface area contributed by atoms with Crippen LogP contribution in [0.25, 0.3) is 11.0 Å². The van der Waals surface area contributed by atoms with E-state index < -0.39 is 0 Å². The third-order valence-electron chi connectivity index (χ3n) is 2.89. The molecular weight excluding hydrogens is 230 g/mol. The number of aromatic amines is 1. The first-order valence-electron chi connectivity index (χ1n) is 5.79. The monoisotopic (exact) mass is 247 g/mol. The van der Waals surface area contributed by atoms with Gasteiger partial charge < -0.3 is 15.6 Å². The van der Waals surface area contributed by atoms with E-state index in [9.17, 15) is 4.79 Å². The molecule has 0 saturated heterocycles. The van der Waals surface area contributed by atoms with Crippen LogP contribution in [0.5, 0.6) is 0 Å². The smallest absolute Gasteiger partial charge is 0.322 e. The molecule has 2 rings (SSSR count). The van der Waals surface area contributed by atoms with Gasteiger partial charge in [0.2, 0.25) is 0 Å². The number of carbonyl (C=O) groups excluding carboxylic acids is 1. The average molecular weight is 247 g/mol. The maximum atomic E-state index is 11.7. The SMILES string of the molecule is CCN(C)C(=O)Nc1cc2nc(N)c(C)cc2[nH]1. The molecular formula is C12H17N5O. The van der Waals surface area contributed by atoms with E-state index in [0.29, 0.717) is 18.2 Å². The number of hydrogen-bond donors (Lipinski definition) is 3. The topological polar surface area (TPSA) is 87.0 Å². The Morgan fingerprint density at radius 3 is 2.94 bits per heavy atom. The molecule has 0 unspecified atom stereocenters. The van der Waals surface area contributed by atoms with Crippen LogP contribution >= 0.6 is 0 Å². The van der Waals surface area contributed by atoms with E-state index >= 15 is 0 Å². The van der Waals surface area contributed by atoms with E-state index in [-0.39, 0.29) is 6.03 Å². The Labute approximate surface area is 105 Å². The van der Waals surface area contributed by atoms with Gasteiger partial charge in [-0.05, 0) is 25.5 Å². The number of aryl methyl sites for hydroxylation is 1. The molecule has 2 aromatic heterocycles. The van der Waals surface area contributed by atoms with Gasteiger partial charge in [0.1, 0.15) is 11.6 Å². The van der Waals surface area contributed by atoms with E-state index in [4.69, 9.17) is 5.73 Å². The quantitative estimate of drug-likeness (QED) is 0.757. The number of nitrogen functional groups attached to an aromatic ring is 1. The molecule has 0 aliphatic carbocycles. The van der Waals surface area contributed by atoms with E-state index in [0.717, 1.165) is 16.6 Å². The molecule has 2 amide bonds. The van der Waals surface area contributed by atoms with E-state index in [1.165, 1.54) is 0 Å². The van der Waals surface area contributed by atoms with Gasteiger partial charge in [-0.2, -0.15) is 0 Å². The molecule has 18 heavy (non-hydrogen) atoms. The molecule has 0 aliphatic rings. The number of rotatable bonds is 2. The summed E-state index contributed by atoms with van der Waals surface area (Å²) < 4.78 is 0. The van der Waals surface area contributed by atoms with Crippen LogP contribution in [0.3, 0.4) is 0 Å². The Morgan fingerprint density at radius 2 is 2.28 bits per heavy atom. The molecule has 0 saturated carbocycles. The summed E-state index contributed by atoms with van der Waals surface area (Å²) in [6.07, 6.45) is 0. The Morgan fingerprint density at radius 1 is 1.56 bits per heavy atom. The summed E-state index contributed by atoms with van der Waals surface area (Å²) in [4.78, 5) is 20.6. The first-order valence-corrected chi connectivity index (χ1v) is 5.79. The van der Waals surface area contributed by atoms with E-state index in [1.807, 2.05) is 19.9 Å². The molecule has 6 heteroatoms. The minimum atomic E-state index is -0.159. The highest BCUT2D eigenvalue weighted by molar-refractivity contribution is 5.92. The van der Waals surface area contributed by atoms with Gasteiger partial charge in [-0.25, -0.2) is 9.78 Å². The molecule has 0 atom stereocenters. The summed E-state index contributed by atoms with van der Waals surface area (Å²) in [5, 5.41) is 2.77. The molecule has 4 N–H and O–H groups in total. The van der Waals surface area contributed by atoms with Crippen LogP contribution in [0.1, 0.15) is 12.5 Å². The largest absolute Gasteiger partial charge is 0.383 e. The number of aromatic nitrogens is 2. The number of pyridine rings is 1. The predicted octanol–water partition coefficient (Wildman–Crippen LogP) is 1.94. The number of nitrogens with one attached hydrogen (secondary N) is 2. The zero-order chi connectivity index (χ0) is 13.3. The highest BCUT2D eigenvalue weighted by Gasteiger charge is 2.09. The van der Waals surface area contributed by atoms with Crippen molar-refractivity contribution >= 4 is 28.7 Å². The molecule has 0 fully saturated rings. The van der Waals surface area contributed by atoms with Crippen molar-refractivity contribution in [1.29, 1.82) is 0 Å². The van der Waals surface area contributed by atoms with Gasteiger partial charge in [0.15, 0.2) is 0 Å². The number of fused-ring (bicyclic) bond motifs is 1. The third kappa shape index (κ3) is 2.22. The number of hydrogen-bond acceptors (Lipinski definition) is 3.